The molecule has 50 heavy (non-hydrogen) atoms. The summed E-state index contributed by atoms with van der Waals surface area (Å²) in [7, 11) is 3.19. The summed E-state index contributed by atoms with van der Waals surface area (Å²) >= 11 is 0. The lowest BCUT2D eigenvalue weighted by atomic mass is 9.71. The zero-order valence-corrected chi connectivity index (χ0v) is 30.4. The van der Waals surface area contributed by atoms with Crippen molar-refractivity contribution in [2.75, 3.05) is 64.9 Å². The van der Waals surface area contributed by atoms with E-state index in [1.807, 2.05) is 32.6 Å². The number of rotatable bonds is 12. The third kappa shape index (κ3) is 7.67. The van der Waals surface area contributed by atoms with Crippen LogP contribution in [-0.4, -0.2) is 126 Å². The molecule has 4 heterocycles. The van der Waals surface area contributed by atoms with Crippen molar-refractivity contribution in [3.63, 3.8) is 0 Å². The van der Waals surface area contributed by atoms with E-state index in [0.29, 0.717) is 24.8 Å². The molecule has 0 bridgehead atoms. The normalized spacial score (nSPS) is 23.6. The first-order valence-corrected chi connectivity index (χ1v) is 18.0. The number of ether oxygens (including phenoxy) is 3. The first-order chi connectivity index (χ1) is 23.9. The molecule has 1 N–H and O–H groups in total. The van der Waals surface area contributed by atoms with Crippen LogP contribution in [0.3, 0.4) is 0 Å². The number of aromatic nitrogens is 3. The van der Waals surface area contributed by atoms with Gasteiger partial charge in [-0.05, 0) is 103 Å². The summed E-state index contributed by atoms with van der Waals surface area (Å²) in [6, 6.07) is 3.80. The molecule has 1 saturated carbocycles. The van der Waals surface area contributed by atoms with Crippen LogP contribution < -0.4 is 15.0 Å². The van der Waals surface area contributed by atoms with E-state index in [0.717, 1.165) is 71.2 Å². The molecule has 14 heteroatoms. The Hall–Kier alpha value is -3.62. The SMILES string of the molecule is COC(CN1CC2(CCC(CN3CCC4(CC3)CN(c3ncnnc3Oc3ccc(F)cc3C(=O)N(C(C)C)C(C)C)C4)CC2)NC1=O)OC. The summed E-state index contributed by atoms with van der Waals surface area (Å²) in [5.41, 5.74) is 0.207. The minimum absolute atomic E-state index is 0.0234. The maximum absolute atomic E-state index is 14.4. The number of urea groups is 1. The Bertz CT molecular complexity index is 1490. The van der Waals surface area contributed by atoms with E-state index in [1.165, 1.54) is 24.5 Å². The van der Waals surface area contributed by atoms with Crippen molar-refractivity contribution in [3.8, 4) is 11.6 Å². The average molecular weight is 697 g/mol. The molecule has 1 aromatic carbocycles. The number of nitrogens with zero attached hydrogens (tertiary/aromatic N) is 7. The van der Waals surface area contributed by atoms with Crippen LogP contribution >= 0.6 is 0 Å². The highest BCUT2D eigenvalue weighted by atomic mass is 19.1. The maximum Gasteiger partial charge on any atom is 0.318 e. The summed E-state index contributed by atoms with van der Waals surface area (Å²) in [4.78, 5) is 39.1. The molecule has 4 aliphatic rings. The Morgan fingerprint density at radius 1 is 1.04 bits per heavy atom. The summed E-state index contributed by atoms with van der Waals surface area (Å²) in [5, 5.41) is 11.5. The third-order valence-electron chi connectivity index (χ3n) is 11.2. The summed E-state index contributed by atoms with van der Waals surface area (Å²) in [5.74, 6) is 0.821. The molecule has 0 unspecified atom stereocenters. The largest absolute Gasteiger partial charge is 0.434 e. The van der Waals surface area contributed by atoms with Crippen molar-refractivity contribution in [3.05, 3.63) is 35.9 Å². The van der Waals surface area contributed by atoms with Gasteiger partial charge in [-0.1, -0.05) is 0 Å². The molecule has 3 amide bonds. The van der Waals surface area contributed by atoms with Gasteiger partial charge in [0.2, 0.25) is 0 Å². The van der Waals surface area contributed by atoms with E-state index in [1.54, 1.807) is 19.1 Å². The second-order valence-corrected chi connectivity index (χ2v) is 15.3. The monoisotopic (exact) mass is 696 g/mol. The minimum Gasteiger partial charge on any atom is -0.434 e. The molecule has 2 aromatic rings. The molecule has 6 rings (SSSR count). The third-order valence-corrected chi connectivity index (χ3v) is 11.2. The summed E-state index contributed by atoms with van der Waals surface area (Å²) in [6.07, 6.45) is 7.42. The first kappa shape index (κ1) is 36.2. The van der Waals surface area contributed by atoms with Gasteiger partial charge in [0.1, 0.15) is 17.9 Å². The van der Waals surface area contributed by atoms with E-state index in [9.17, 15) is 14.0 Å². The standard InChI is InChI=1S/C36H53FN8O5/c1-24(2)45(25(3)4)33(46)28-17-27(37)7-8-29(28)50-32-31(38-23-39-41-32)44-20-35(21-44)13-15-42(16-14-35)18-26-9-11-36(12-10-26)22-43(34(47)40-36)19-30(48-5)49-6/h7-8,17,23-26,30H,9-16,18-22H2,1-6H3,(H,40,47). The van der Waals surface area contributed by atoms with Gasteiger partial charge >= 0.3 is 6.03 Å². The van der Waals surface area contributed by atoms with E-state index in [-0.39, 0.29) is 52.2 Å². The predicted molar refractivity (Wildman–Crippen MR) is 186 cm³/mol. The molecule has 3 aliphatic heterocycles. The molecule has 4 fully saturated rings. The fourth-order valence-corrected chi connectivity index (χ4v) is 8.46. The zero-order valence-electron chi connectivity index (χ0n) is 30.4. The fraction of sp³-hybridized carbons (Fsp3) is 0.694. The van der Waals surface area contributed by atoms with Crippen LogP contribution in [0.2, 0.25) is 0 Å². The van der Waals surface area contributed by atoms with Crippen molar-refractivity contribution in [2.24, 2.45) is 11.3 Å². The van der Waals surface area contributed by atoms with E-state index in [2.05, 4.69) is 30.3 Å². The molecule has 1 aromatic heterocycles. The quantitative estimate of drug-likeness (QED) is 0.317. The number of methoxy groups -OCH3 is 2. The van der Waals surface area contributed by atoms with Gasteiger partial charge in [0.25, 0.3) is 11.8 Å². The lowest BCUT2D eigenvalue weighted by Gasteiger charge is -2.54. The molecule has 0 radical (unpaired) electrons. The number of piperidine rings is 1. The highest BCUT2D eigenvalue weighted by molar-refractivity contribution is 5.97. The van der Waals surface area contributed by atoms with E-state index in [4.69, 9.17) is 14.2 Å². The Labute approximate surface area is 294 Å². The Kier molecular flexibility index (Phi) is 10.8. The van der Waals surface area contributed by atoms with Gasteiger partial charge < -0.3 is 39.1 Å². The average Bonchev–Trinajstić information content (AvgIpc) is 3.38. The Morgan fingerprint density at radius 2 is 1.72 bits per heavy atom. The number of carbonyl (C=O) groups excluding carboxylic acids is 2. The molecule has 1 aliphatic carbocycles. The lowest BCUT2D eigenvalue weighted by molar-refractivity contribution is -0.110. The predicted octanol–water partition coefficient (Wildman–Crippen LogP) is 4.54. The van der Waals surface area contributed by atoms with E-state index < -0.39 is 12.1 Å². The molecular formula is C36H53FN8O5. The van der Waals surface area contributed by atoms with Gasteiger partial charge in [-0.25, -0.2) is 14.2 Å². The van der Waals surface area contributed by atoms with Gasteiger partial charge in [-0.2, -0.15) is 0 Å². The Morgan fingerprint density at radius 3 is 2.36 bits per heavy atom. The van der Waals surface area contributed by atoms with Crippen molar-refractivity contribution >= 4 is 17.8 Å². The lowest BCUT2D eigenvalue weighted by Crippen LogP contribution is -2.61. The number of halogens is 1. The van der Waals surface area contributed by atoms with Gasteiger partial charge in [0, 0.05) is 57.9 Å². The zero-order chi connectivity index (χ0) is 35.6. The van der Waals surface area contributed by atoms with Crippen LogP contribution in [0.5, 0.6) is 11.6 Å². The molecular weight excluding hydrogens is 643 g/mol. The molecule has 274 valence electrons. The number of carbonyl (C=O) groups is 2. The fourth-order valence-electron chi connectivity index (χ4n) is 8.46. The second-order valence-electron chi connectivity index (χ2n) is 15.3. The molecule has 2 spiro atoms. The number of benzene rings is 1. The smallest absolute Gasteiger partial charge is 0.318 e. The van der Waals surface area contributed by atoms with Crippen LogP contribution in [0.15, 0.2) is 24.5 Å². The first-order valence-electron chi connectivity index (χ1n) is 18.0. The minimum atomic E-state index is -0.512. The van der Waals surface area contributed by atoms with Crippen molar-refractivity contribution in [1.82, 2.24) is 35.2 Å². The number of hydrogen-bond acceptors (Lipinski definition) is 10. The second kappa shape index (κ2) is 14.9. The van der Waals surface area contributed by atoms with Crippen LogP contribution in [0.1, 0.15) is 76.6 Å². The van der Waals surface area contributed by atoms with Gasteiger partial charge in [0.15, 0.2) is 12.1 Å². The number of amides is 3. The number of anilines is 1. The number of hydrogen-bond donors (Lipinski definition) is 1. The van der Waals surface area contributed by atoms with Gasteiger partial charge in [-0.15, -0.1) is 10.2 Å². The number of nitrogens with one attached hydrogen (secondary N) is 1. The van der Waals surface area contributed by atoms with Gasteiger partial charge in [-0.3, -0.25) is 4.79 Å². The Balaban J connectivity index is 1.01. The van der Waals surface area contributed by atoms with Crippen LogP contribution in [0.4, 0.5) is 15.0 Å². The van der Waals surface area contributed by atoms with Crippen molar-refractivity contribution < 1.29 is 28.2 Å². The molecule has 0 atom stereocenters. The summed E-state index contributed by atoms with van der Waals surface area (Å²) < 4.78 is 31.2. The van der Waals surface area contributed by atoms with Crippen LogP contribution in [0.25, 0.3) is 0 Å². The number of likely N-dealkylation sites (tertiary alicyclic amines) is 1. The maximum atomic E-state index is 14.4. The summed E-state index contributed by atoms with van der Waals surface area (Å²) in [6.45, 7) is 13.8. The van der Waals surface area contributed by atoms with Crippen molar-refractivity contribution in [1.29, 1.82) is 0 Å². The van der Waals surface area contributed by atoms with Crippen LogP contribution in [0, 0.1) is 17.2 Å². The highest BCUT2D eigenvalue weighted by Crippen LogP contribution is 2.45. The van der Waals surface area contributed by atoms with Crippen molar-refractivity contribution in [2.45, 2.75) is 90.1 Å². The van der Waals surface area contributed by atoms with Gasteiger partial charge in [0.05, 0.1) is 17.6 Å². The molecule has 3 saturated heterocycles. The molecule has 13 nitrogen and oxygen atoms in total. The highest BCUT2D eigenvalue weighted by Gasteiger charge is 2.48. The van der Waals surface area contributed by atoms with E-state index >= 15 is 0 Å². The van der Waals surface area contributed by atoms with Crippen LogP contribution in [-0.2, 0) is 9.47 Å². The topological polar surface area (TPSA) is 125 Å².